The summed E-state index contributed by atoms with van der Waals surface area (Å²) < 4.78 is 18.1. The van der Waals surface area contributed by atoms with Gasteiger partial charge in [0.25, 0.3) is 0 Å². The molecule has 0 aromatic heterocycles. The van der Waals surface area contributed by atoms with Gasteiger partial charge in [-0.3, -0.25) is 19.3 Å². The Hall–Kier alpha value is -4.71. The van der Waals surface area contributed by atoms with E-state index < -0.39 is 11.8 Å². The van der Waals surface area contributed by atoms with Crippen molar-refractivity contribution in [1.29, 1.82) is 0 Å². The maximum absolute atomic E-state index is 13.3. The second-order valence-electron chi connectivity index (χ2n) is 17.1. The molecule has 8 atom stereocenters. The molecular weight excluding hydrogens is 745 g/mol. The zero-order valence-corrected chi connectivity index (χ0v) is 34.1. The second-order valence-corrected chi connectivity index (χ2v) is 17.1. The molecule has 0 amide bonds. The number of aliphatic hydroxyl groups is 2. The van der Waals surface area contributed by atoms with Crippen LogP contribution in [0.2, 0.25) is 0 Å². The number of carbonyl (C=O) groups excluding carboxylic acids is 3. The summed E-state index contributed by atoms with van der Waals surface area (Å²) in [5.74, 6) is -1.77. The Labute approximate surface area is 347 Å². The highest BCUT2D eigenvalue weighted by Gasteiger charge is 2.63. The van der Waals surface area contributed by atoms with Gasteiger partial charge in [0.15, 0.2) is 0 Å². The van der Waals surface area contributed by atoms with Crippen molar-refractivity contribution in [3.8, 4) is 11.1 Å². The Balaban J connectivity index is 0.000000180. The first-order valence-corrected chi connectivity index (χ1v) is 21.4. The molecule has 0 radical (unpaired) electrons. The van der Waals surface area contributed by atoms with Crippen molar-refractivity contribution in [3.63, 3.8) is 0 Å². The summed E-state index contributed by atoms with van der Waals surface area (Å²) in [5, 5.41) is 19.4. The molecule has 5 fully saturated rings. The number of benzene rings is 4. The Morgan fingerprint density at radius 3 is 1.56 bits per heavy atom. The van der Waals surface area contributed by atoms with E-state index in [4.69, 9.17) is 14.2 Å². The number of carbonyl (C=O) groups is 3. The second kappa shape index (κ2) is 17.9. The van der Waals surface area contributed by atoms with E-state index >= 15 is 0 Å². The zero-order valence-electron chi connectivity index (χ0n) is 34.1. The number of fused-ring (bicyclic) bond motifs is 7. The van der Waals surface area contributed by atoms with Crippen LogP contribution in [0.15, 0.2) is 115 Å². The molecule has 4 aromatic carbocycles. The number of esters is 2. The van der Waals surface area contributed by atoms with Crippen LogP contribution in [-0.2, 0) is 23.8 Å². The Morgan fingerprint density at radius 1 is 0.661 bits per heavy atom. The van der Waals surface area contributed by atoms with Crippen LogP contribution in [0.3, 0.4) is 0 Å². The van der Waals surface area contributed by atoms with Crippen molar-refractivity contribution in [2.75, 3.05) is 33.4 Å². The van der Waals surface area contributed by atoms with Gasteiger partial charge in [0, 0.05) is 56.2 Å². The fraction of sp³-hybridized carbons (Fsp3) is 0.449. The molecule has 9 rings (SSSR count). The van der Waals surface area contributed by atoms with Gasteiger partial charge in [-0.05, 0) is 28.8 Å². The topological polar surface area (TPSA) is 126 Å². The number of piperidine rings is 2. The molecule has 59 heavy (non-hydrogen) atoms. The maximum atomic E-state index is 13.3. The normalized spacial score (nSPS) is 29.9. The zero-order chi connectivity index (χ0) is 41.1. The smallest absolute Gasteiger partial charge is 0.316 e. The number of rotatable bonds is 13. The minimum atomic E-state index is -0.660. The molecule has 5 saturated heterocycles. The minimum Gasteiger partial charge on any atom is -0.462 e. The molecular formula is C49H57N2O8+. The van der Waals surface area contributed by atoms with E-state index in [2.05, 4.69) is 31.0 Å². The van der Waals surface area contributed by atoms with Gasteiger partial charge in [-0.1, -0.05) is 122 Å². The first-order chi connectivity index (χ1) is 28.7. The van der Waals surface area contributed by atoms with E-state index in [-0.39, 0.29) is 43.1 Å². The Morgan fingerprint density at radius 2 is 1.10 bits per heavy atom. The van der Waals surface area contributed by atoms with Crippen LogP contribution in [0.1, 0.15) is 78.8 Å². The lowest BCUT2D eigenvalue weighted by Crippen LogP contribution is -2.60. The van der Waals surface area contributed by atoms with E-state index in [1.807, 2.05) is 103 Å². The van der Waals surface area contributed by atoms with Crippen molar-refractivity contribution in [1.82, 2.24) is 4.90 Å². The third-order valence-corrected chi connectivity index (χ3v) is 13.8. The molecule has 4 aromatic rings. The number of likely N-dealkylation sites (N-methyl/N-ethyl adjacent to an activating group) is 2. The van der Waals surface area contributed by atoms with Gasteiger partial charge in [0.05, 0.1) is 32.3 Å². The molecule has 2 N–H and O–H groups in total. The molecule has 0 aliphatic carbocycles. The Bertz CT molecular complexity index is 2010. The lowest BCUT2D eigenvalue weighted by atomic mass is 9.94. The average Bonchev–Trinajstić information content (AvgIpc) is 4.01. The van der Waals surface area contributed by atoms with Gasteiger partial charge in [-0.2, -0.15) is 0 Å². The summed E-state index contributed by atoms with van der Waals surface area (Å²) in [6.07, 6.45) is 5.72. The number of ether oxygens (including phenoxy) is 3. The first-order valence-electron chi connectivity index (χ1n) is 21.4. The predicted octanol–water partition coefficient (Wildman–Crippen LogP) is 6.30. The highest BCUT2D eigenvalue weighted by Crippen LogP contribution is 2.49. The lowest BCUT2D eigenvalue weighted by molar-refractivity contribution is -0.941. The first kappa shape index (κ1) is 41.0. The molecule has 10 nitrogen and oxygen atoms in total. The molecule has 4 bridgehead atoms. The summed E-state index contributed by atoms with van der Waals surface area (Å²) in [5.41, 5.74) is 4.57. The van der Waals surface area contributed by atoms with Gasteiger partial charge in [-0.25, -0.2) is 0 Å². The number of quaternary nitrogens is 1. The van der Waals surface area contributed by atoms with Gasteiger partial charge in [-0.15, -0.1) is 0 Å². The van der Waals surface area contributed by atoms with Crippen molar-refractivity contribution < 1.29 is 43.3 Å². The van der Waals surface area contributed by atoms with Crippen molar-refractivity contribution in [3.05, 3.63) is 132 Å². The number of ketones is 1. The standard InChI is InChI=1S/C31H34NO4.C18H23NO4/c1-32(20-30(34)25-14-12-23(13-15-25)22-8-4-2-5-9-22)26-16-17-27(32)19-28(18-26)36-31(35)29(21-33)24-10-6-3-7-11-24;1-2-19-14-8-12(9-15(19)17-16(14)23-17)22-18(21)13(10-20)11-6-4-3-5-7-11/h2-15,26-29,33H,16-21H2,1H3;3-7,12-17,20H,2,8-10H2,1H3/q+1;. The van der Waals surface area contributed by atoms with Gasteiger partial charge < -0.3 is 28.9 Å². The number of nitrogens with zero attached hydrogens (tertiary/aromatic N) is 2. The fourth-order valence-corrected chi connectivity index (χ4v) is 10.5. The minimum absolute atomic E-state index is 0.0607. The maximum Gasteiger partial charge on any atom is 0.316 e. The number of morpholine rings is 1. The van der Waals surface area contributed by atoms with E-state index in [1.54, 1.807) is 0 Å². The van der Waals surface area contributed by atoms with Crippen molar-refractivity contribution in [2.45, 2.75) is 106 Å². The number of aliphatic hydroxyl groups excluding tert-OH is 2. The number of epoxide rings is 1. The quantitative estimate of drug-likeness (QED) is 0.0694. The van der Waals surface area contributed by atoms with Gasteiger partial charge >= 0.3 is 11.9 Å². The van der Waals surface area contributed by atoms with Gasteiger partial charge in [0.1, 0.15) is 42.8 Å². The molecule has 5 aliphatic rings. The fourth-order valence-electron chi connectivity index (χ4n) is 10.5. The summed E-state index contributed by atoms with van der Waals surface area (Å²) in [6, 6.07) is 38.1. The van der Waals surface area contributed by atoms with Crippen LogP contribution in [0.5, 0.6) is 0 Å². The summed E-state index contributed by atoms with van der Waals surface area (Å²) in [4.78, 5) is 41.2. The lowest BCUT2D eigenvalue weighted by Gasteiger charge is -2.46. The highest BCUT2D eigenvalue weighted by molar-refractivity contribution is 5.97. The molecule has 0 spiro atoms. The van der Waals surface area contributed by atoms with E-state index in [0.717, 1.165) is 77.4 Å². The van der Waals surface area contributed by atoms with Crippen LogP contribution >= 0.6 is 0 Å². The summed E-state index contributed by atoms with van der Waals surface area (Å²) in [6.45, 7) is 3.17. The molecule has 5 aliphatic heterocycles. The molecule has 5 heterocycles. The predicted molar refractivity (Wildman–Crippen MR) is 223 cm³/mol. The van der Waals surface area contributed by atoms with Crippen molar-refractivity contribution >= 4 is 17.7 Å². The van der Waals surface area contributed by atoms with E-state index in [0.29, 0.717) is 42.9 Å². The van der Waals surface area contributed by atoms with E-state index in [9.17, 15) is 24.6 Å². The molecule has 10 heteroatoms. The molecule has 8 unspecified atom stereocenters. The average molecular weight is 802 g/mol. The molecule has 310 valence electrons. The summed E-state index contributed by atoms with van der Waals surface area (Å²) >= 11 is 0. The SMILES string of the molecule is CCN1C2CC(OC(=O)C(CO)c3ccccc3)CC1C1OC12.C[N+]1(CC(=O)c2ccc(-c3ccccc3)cc2)C2CCC1CC(OC(=O)C(CO)c1ccccc1)C2. The summed E-state index contributed by atoms with van der Waals surface area (Å²) in [7, 11) is 2.19. The monoisotopic (exact) mass is 801 g/mol. The third kappa shape index (κ3) is 8.65. The molecule has 0 saturated carbocycles. The Kier molecular flexibility index (Phi) is 12.4. The van der Waals surface area contributed by atoms with Crippen LogP contribution < -0.4 is 0 Å². The van der Waals surface area contributed by atoms with Crippen LogP contribution in [0.25, 0.3) is 11.1 Å². The van der Waals surface area contributed by atoms with Crippen LogP contribution in [0, 0.1) is 0 Å². The van der Waals surface area contributed by atoms with Crippen LogP contribution in [-0.4, -0.2) is 119 Å². The third-order valence-electron chi connectivity index (χ3n) is 13.8. The number of Topliss-reactive ketones (excluding diaryl/α,β-unsaturated/α-hetero) is 1. The van der Waals surface area contributed by atoms with E-state index in [1.165, 1.54) is 0 Å². The van der Waals surface area contributed by atoms with Gasteiger partial charge in [0.2, 0.25) is 5.78 Å². The van der Waals surface area contributed by atoms with Crippen LogP contribution in [0.4, 0.5) is 0 Å². The number of hydrogen-bond donors (Lipinski definition) is 2. The van der Waals surface area contributed by atoms with Crippen molar-refractivity contribution in [2.24, 2.45) is 0 Å². The highest BCUT2D eigenvalue weighted by atomic mass is 16.6. The number of hydrogen-bond acceptors (Lipinski definition) is 9. The largest absolute Gasteiger partial charge is 0.462 e.